The van der Waals surface area contributed by atoms with Gasteiger partial charge >= 0.3 is 0 Å². The molecule has 0 aliphatic heterocycles. The number of phenolic OH excluding ortho intramolecular Hbond substituents is 1. The number of hydrogen-bond acceptors (Lipinski definition) is 7. The fourth-order valence-corrected chi connectivity index (χ4v) is 4.77. The van der Waals surface area contributed by atoms with E-state index in [1.807, 2.05) is 44.2 Å². The molecule has 0 saturated carbocycles. The van der Waals surface area contributed by atoms with Crippen molar-refractivity contribution in [3.05, 3.63) is 73.5 Å². The van der Waals surface area contributed by atoms with Crippen molar-refractivity contribution >= 4 is 38.7 Å². The van der Waals surface area contributed by atoms with Gasteiger partial charge in [-0.3, -0.25) is 9.59 Å². The lowest BCUT2D eigenvalue weighted by Crippen LogP contribution is -2.42. The van der Waals surface area contributed by atoms with Crippen LogP contribution in [0.4, 0.5) is 17.1 Å². The van der Waals surface area contributed by atoms with Gasteiger partial charge < -0.3 is 15.7 Å². The van der Waals surface area contributed by atoms with E-state index in [1.165, 1.54) is 26.2 Å². The van der Waals surface area contributed by atoms with Crippen molar-refractivity contribution in [2.45, 2.75) is 30.7 Å². The lowest BCUT2D eigenvalue weighted by molar-refractivity contribution is 0.455. The average Bonchev–Trinajstić information content (AvgIpc) is 2.77. The molecule has 8 nitrogen and oxygen atoms in total. The number of nitrogens with zero attached hydrogens (tertiary/aromatic N) is 1. The molecule has 0 heterocycles. The predicted octanol–water partition coefficient (Wildman–Crippen LogP) is 3.37. The second kappa shape index (κ2) is 8.57. The van der Waals surface area contributed by atoms with Crippen LogP contribution in [0.3, 0.4) is 0 Å². The first-order chi connectivity index (χ1) is 14.9. The van der Waals surface area contributed by atoms with Crippen molar-refractivity contribution in [3.8, 4) is 5.75 Å². The number of halogens is 1. The summed E-state index contributed by atoms with van der Waals surface area (Å²) in [7, 11) is -1.45. The van der Waals surface area contributed by atoms with Crippen LogP contribution in [0.1, 0.15) is 25.8 Å². The van der Waals surface area contributed by atoms with Gasteiger partial charge in [0, 0.05) is 14.1 Å². The quantitative estimate of drug-likeness (QED) is 0.336. The second-order valence-electron chi connectivity index (χ2n) is 7.77. The van der Waals surface area contributed by atoms with E-state index in [-0.39, 0.29) is 22.1 Å². The highest BCUT2D eigenvalue weighted by atomic mass is 35.5. The molecule has 3 N–H and O–H groups in total. The van der Waals surface area contributed by atoms with Crippen LogP contribution in [-0.4, -0.2) is 31.9 Å². The van der Waals surface area contributed by atoms with Crippen molar-refractivity contribution in [1.82, 2.24) is 4.31 Å². The first kappa shape index (κ1) is 23.8. The van der Waals surface area contributed by atoms with E-state index in [9.17, 15) is 23.1 Å². The Kier molecular flexibility index (Phi) is 6.37. The molecule has 0 aliphatic rings. The molecule has 3 aromatic carbocycles. The van der Waals surface area contributed by atoms with Gasteiger partial charge in [-0.1, -0.05) is 48.9 Å². The van der Waals surface area contributed by atoms with E-state index in [1.54, 1.807) is 0 Å². The summed E-state index contributed by atoms with van der Waals surface area (Å²) in [6.45, 7) is 3.85. The molecule has 3 aromatic rings. The van der Waals surface area contributed by atoms with Crippen molar-refractivity contribution < 1.29 is 13.5 Å². The third-order valence-corrected chi connectivity index (χ3v) is 7.83. The topological polar surface area (TPSA) is 116 Å². The summed E-state index contributed by atoms with van der Waals surface area (Å²) in [5.74, 6) is -0.647. The standard InChI is InChI=1S/C22H24ClN3O5S/c1-5-22(2,13-9-7-6-8-10-13)25-17-16(19(28)20(17)29)24-15-12-11-14(23)21(18(15)27)32(30,31)26(3)4/h6-12,24-25,27H,5H2,1-4H3. The summed E-state index contributed by atoms with van der Waals surface area (Å²) < 4.78 is 26.0. The Bertz CT molecular complexity index is 1330. The predicted molar refractivity (Wildman–Crippen MR) is 126 cm³/mol. The molecule has 3 rings (SSSR count). The zero-order chi connectivity index (χ0) is 23.8. The summed E-state index contributed by atoms with van der Waals surface area (Å²) in [6, 6.07) is 12.1. The van der Waals surface area contributed by atoms with Crippen LogP contribution in [-0.2, 0) is 15.6 Å². The smallest absolute Gasteiger partial charge is 0.253 e. The van der Waals surface area contributed by atoms with E-state index in [2.05, 4.69) is 10.6 Å². The maximum atomic E-state index is 12.6. The molecule has 10 heteroatoms. The van der Waals surface area contributed by atoms with E-state index in [0.717, 1.165) is 9.87 Å². The zero-order valence-electron chi connectivity index (χ0n) is 18.1. The fraction of sp³-hybridized carbons (Fsp3) is 0.273. The van der Waals surface area contributed by atoms with Crippen molar-refractivity contribution in [2.24, 2.45) is 0 Å². The number of anilines is 3. The number of nitrogens with one attached hydrogen (secondary N) is 2. The van der Waals surface area contributed by atoms with Gasteiger partial charge in [-0.25, -0.2) is 12.7 Å². The molecule has 0 spiro atoms. The lowest BCUT2D eigenvalue weighted by atomic mass is 9.88. The van der Waals surface area contributed by atoms with Gasteiger partial charge in [0.15, 0.2) is 5.75 Å². The van der Waals surface area contributed by atoms with Crippen LogP contribution >= 0.6 is 11.6 Å². The summed E-state index contributed by atoms with van der Waals surface area (Å²) in [6.07, 6.45) is 0.618. The van der Waals surface area contributed by atoms with Gasteiger partial charge in [0.2, 0.25) is 10.0 Å². The van der Waals surface area contributed by atoms with Gasteiger partial charge in [-0.05, 0) is 31.0 Å². The van der Waals surface area contributed by atoms with E-state index in [0.29, 0.717) is 6.42 Å². The van der Waals surface area contributed by atoms with E-state index in [4.69, 9.17) is 11.6 Å². The molecule has 1 atom stereocenters. The highest BCUT2D eigenvalue weighted by Gasteiger charge is 2.32. The average molecular weight is 478 g/mol. The Morgan fingerprint density at radius 1 is 1.03 bits per heavy atom. The van der Waals surface area contributed by atoms with Gasteiger partial charge in [-0.2, -0.15) is 0 Å². The number of phenols is 1. The van der Waals surface area contributed by atoms with Gasteiger partial charge in [-0.15, -0.1) is 0 Å². The Morgan fingerprint density at radius 3 is 2.19 bits per heavy atom. The minimum Gasteiger partial charge on any atom is -0.504 e. The van der Waals surface area contributed by atoms with Crippen molar-refractivity contribution in [2.75, 3.05) is 24.7 Å². The van der Waals surface area contributed by atoms with Crippen LogP contribution in [0.5, 0.6) is 5.75 Å². The molecule has 0 amide bonds. The Balaban J connectivity index is 2.03. The van der Waals surface area contributed by atoms with Gasteiger partial charge in [0.25, 0.3) is 10.9 Å². The normalized spacial score (nSPS) is 13.8. The summed E-state index contributed by atoms with van der Waals surface area (Å²) in [5, 5.41) is 16.3. The summed E-state index contributed by atoms with van der Waals surface area (Å²) >= 11 is 6.03. The molecule has 0 bridgehead atoms. The molecule has 1 unspecified atom stereocenters. The third kappa shape index (κ3) is 3.99. The fourth-order valence-electron chi connectivity index (χ4n) is 3.29. The molecule has 0 radical (unpaired) electrons. The Morgan fingerprint density at radius 2 is 1.62 bits per heavy atom. The lowest BCUT2D eigenvalue weighted by Gasteiger charge is -2.32. The number of rotatable bonds is 8. The van der Waals surface area contributed by atoms with Crippen LogP contribution in [0, 0.1) is 0 Å². The summed E-state index contributed by atoms with van der Waals surface area (Å²) in [4.78, 5) is 24.2. The van der Waals surface area contributed by atoms with Crippen molar-refractivity contribution in [3.63, 3.8) is 0 Å². The van der Waals surface area contributed by atoms with Crippen LogP contribution in [0.15, 0.2) is 56.9 Å². The van der Waals surface area contributed by atoms with Crippen LogP contribution in [0.25, 0.3) is 0 Å². The maximum absolute atomic E-state index is 12.6. The minimum absolute atomic E-state index is 0.0589. The van der Waals surface area contributed by atoms with Gasteiger partial charge in [0.05, 0.1) is 16.2 Å². The van der Waals surface area contributed by atoms with Crippen molar-refractivity contribution in [1.29, 1.82) is 0 Å². The van der Waals surface area contributed by atoms with Crippen LogP contribution < -0.4 is 21.5 Å². The molecular formula is C22H24ClN3O5S. The highest BCUT2D eigenvalue weighted by Crippen LogP contribution is 2.40. The zero-order valence-corrected chi connectivity index (χ0v) is 19.6. The van der Waals surface area contributed by atoms with E-state index >= 15 is 0 Å². The maximum Gasteiger partial charge on any atom is 0.253 e. The van der Waals surface area contributed by atoms with E-state index < -0.39 is 37.1 Å². The molecule has 0 aromatic heterocycles. The number of aromatic hydroxyl groups is 1. The molecule has 0 fully saturated rings. The largest absolute Gasteiger partial charge is 0.504 e. The number of benzene rings is 2. The highest BCUT2D eigenvalue weighted by molar-refractivity contribution is 7.89. The molecule has 0 saturated heterocycles. The van der Waals surface area contributed by atoms with Crippen LogP contribution in [0.2, 0.25) is 5.02 Å². The third-order valence-electron chi connectivity index (χ3n) is 5.51. The first-order valence-corrected chi connectivity index (χ1v) is 11.6. The Hall–Kier alpha value is -2.88. The number of sulfonamides is 1. The van der Waals surface area contributed by atoms with Gasteiger partial charge in [0.1, 0.15) is 16.3 Å². The number of hydrogen-bond donors (Lipinski definition) is 3. The minimum atomic E-state index is -4.06. The summed E-state index contributed by atoms with van der Waals surface area (Å²) in [5.41, 5.74) is -1.24. The second-order valence-corrected chi connectivity index (χ2v) is 10.3. The Labute approximate surface area is 191 Å². The first-order valence-electron chi connectivity index (χ1n) is 9.82. The molecule has 32 heavy (non-hydrogen) atoms. The molecule has 0 aliphatic carbocycles. The monoisotopic (exact) mass is 477 g/mol. The molecular weight excluding hydrogens is 454 g/mol. The SMILES string of the molecule is CCC(C)(Nc1c(Nc2ccc(Cl)c(S(=O)(=O)N(C)C)c2O)c(=O)c1=O)c1ccccc1. The molecule has 170 valence electrons.